The minimum atomic E-state index is -0.0915. The number of benzene rings is 1. The first-order valence-corrected chi connectivity index (χ1v) is 9.31. The largest absolute Gasteiger partial charge is 0.463 e. The second kappa shape index (κ2) is 8.13. The monoisotopic (exact) mass is 367 g/mol. The van der Waals surface area contributed by atoms with Gasteiger partial charge in [-0.05, 0) is 66.1 Å². The van der Waals surface area contributed by atoms with E-state index in [0.29, 0.717) is 12.1 Å². The Labute approximate surface area is 157 Å². The van der Waals surface area contributed by atoms with Gasteiger partial charge in [-0.15, -0.1) is 5.10 Å². The molecule has 0 aliphatic carbocycles. The predicted octanol–water partition coefficient (Wildman–Crippen LogP) is 0.795. The van der Waals surface area contributed by atoms with Gasteiger partial charge < -0.3 is 14.6 Å². The number of carbonyl (C=O) groups is 1. The Bertz CT molecular complexity index is 839. The summed E-state index contributed by atoms with van der Waals surface area (Å²) in [6.07, 6.45) is 6.95. The van der Waals surface area contributed by atoms with E-state index >= 15 is 0 Å². The Morgan fingerprint density at radius 2 is 2.00 bits per heavy atom. The molecule has 1 fully saturated rings. The number of hydrogen-bond acceptors (Lipinski definition) is 5. The third-order valence-corrected chi connectivity index (χ3v) is 5.09. The lowest BCUT2D eigenvalue weighted by molar-refractivity contribution is -0.936. The zero-order valence-corrected chi connectivity index (χ0v) is 15.0. The fraction of sp³-hybridized carbons (Fsp3) is 0.368. The first kappa shape index (κ1) is 17.4. The number of amides is 1. The van der Waals surface area contributed by atoms with Gasteiger partial charge in [-0.3, -0.25) is 4.79 Å². The van der Waals surface area contributed by atoms with Gasteiger partial charge in [0.1, 0.15) is 6.33 Å². The second-order valence-corrected chi connectivity index (χ2v) is 6.80. The SMILES string of the molecule is O=C(NC[C@H](c1ccco1)[NH+]1CCCCC1)c1ccc(-n2cnnn2)cc1. The average Bonchev–Trinajstić information content (AvgIpc) is 3.43. The van der Waals surface area contributed by atoms with E-state index in [1.165, 1.54) is 30.5 Å². The van der Waals surface area contributed by atoms with Crippen LogP contribution in [0.2, 0.25) is 0 Å². The molecule has 0 unspecified atom stereocenters. The molecule has 0 saturated carbocycles. The molecule has 140 valence electrons. The lowest BCUT2D eigenvalue weighted by Crippen LogP contribution is -3.13. The number of aromatic nitrogens is 4. The second-order valence-electron chi connectivity index (χ2n) is 6.80. The zero-order chi connectivity index (χ0) is 18.5. The van der Waals surface area contributed by atoms with Crippen molar-refractivity contribution in [1.29, 1.82) is 0 Å². The Balaban J connectivity index is 1.41. The minimum Gasteiger partial charge on any atom is -0.463 e. The molecule has 4 rings (SSSR count). The Kier molecular flexibility index (Phi) is 5.24. The van der Waals surface area contributed by atoms with Crippen molar-refractivity contribution in [2.45, 2.75) is 25.3 Å². The molecule has 1 aliphatic heterocycles. The number of rotatable bonds is 6. The fourth-order valence-corrected chi connectivity index (χ4v) is 3.63. The molecule has 0 bridgehead atoms. The molecule has 1 aromatic carbocycles. The van der Waals surface area contributed by atoms with Gasteiger partial charge >= 0.3 is 0 Å². The van der Waals surface area contributed by atoms with Gasteiger partial charge in [0.05, 0.1) is 31.6 Å². The van der Waals surface area contributed by atoms with E-state index in [4.69, 9.17) is 4.42 Å². The molecule has 27 heavy (non-hydrogen) atoms. The van der Waals surface area contributed by atoms with Crippen molar-refractivity contribution in [1.82, 2.24) is 25.5 Å². The molecule has 1 atom stereocenters. The molecule has 8 nitrogen and oxygen atoms in total. The van der Waals surface area contributed by atoms with Crippen LogP contribution in [0.3, 0.4) is 0 Å². The third kappa shape index (κ3) is 4.06. The number of quaternary nitrogens is 1. The Morgan fingerprint density at radius 3 is 2.67 bits per heavy atom. The van der Waals surface area contributed by atoms with Crippen molar-refractivity contribution in [3.8, 4) is 5.69 Å². The number of likely N-dealkylation sites (tertiary alicyclic amines) is 1. The number of hydrogen-bond donors (Lipinski definition) is 2. The van der Waals surface area contributed by atoms with Gasteiger partial charge in [0, 0.05) is 5.56 Å². The number of nitrogens with one attached hydrogen (secondary N) is 2. The van der Waals surface area contributed by atoms with Crippen LogP contribution < -0.4 is 10.2 Å². The molecular weight excluding hydrogens is 344 g/mol. The van der Waals surface area contributed by atoms with Crippen LogP contribution in [-0.4, -0.2) is 45.7 Å². The number of carbonyl (C=O) groups excluding carboxylic acids is 1. The number of piperidine rings is 1. The van der Waals surface area contributed by atoms with Crippen molar-refractivity contribution in [2.24, 2.45) is 0 Å². The van der Waals surface area contributed by atoms with Gasteiger partial charge in [-0.25, -0.2) is 4.68 Å². The topological polar surface area (TPSA) is 90.3 Å². The summed E-state index contributed by atoms with van der Waals surface area (Å²) >= 11 is 0. The Morgan fingerprint density at radius 1 is 1.19 bits per heavy atom. The fourth-order valence-electron chi connectivity index (χ4n) is 3.63. The molecule has 3 heterocycles. The maximum atomic E-state index is 12.6. The molecule has 1 aliphatic rings. The van der Waals surface area contributed by atoms with Gasteiger partial charge in [0.25, 0.3) is 5.91 Å². The normalized spacial score (nSPS) is 16.1. The lowest BCUT2D eigenvalue weighted by atomic mass is 10.1. The zero-order valence-electron chi connectivity index (χ0n) is 15.0. The molecule has 2 aromatic heterocycles. The summed E-state index contributed by atoms with van der Waals surface area (Å²) in [7, 11) is 0. The van der Waals surface area contributed by atoms with E-state index in [1.807, 2.05) is 24.3 Å². The summed E-state index contributed by atoms with van der Waals surface area (Å²) in [6, 6.07) is 11.3. The van der Waals surface area contributed by atoms with Crippen LogP contribution in [0.4, 0.5) is 0 Å². The molecular formula is C19H23N6O2+. The van der Waals surface area contributed by atoms with Crippen LogP contribution in [0.1, 0.15) is 41.4 Å². The molecule has 0 spiro atoms. The highest BCUT2D eigenvalue weighted by atomic mass is 16.3. The average molecular weight is 367 g/mol. The van der Waals surface area contributed by atoms with E-state index in [9.17, 15) is 4.79 Å². The first-order chi connectivity index (χ1) is 13.3. The molecule has 1 saturated heterocycles. The highest BCUT2D eigenvalue weighted by Crippen LogP contribution is 2.12. The summed E-state index contributed by atoms with van der Waals surface area (Å²) in [5.41, 5.74) is 1.42. The molecule has 0 radical (unpaired) electrons. The maximum Gasteiger partial charge on any atom is 0.251 e. The summed E-state index contributed by atoms with van der Waals surface area (Å²) in [5.74, 6) is 0.840. The van der Waals surface area contributed by atoms with E-state index in [-0.39, 0.29) is 11.9 Å². The van der Waals surface area contributed by atoms with Crippen molar-refractivity contribution in [3.63, 3.8) is 0 Å². The third-order valence-electron chi connectivity index (χ3n) is 5.09. The predicted molar refractivity (Wildman–Crippen MR) is 97.5 cm³/mol. The number of tetrazole rings is 1. The summed E-state index contributed by atoms with van der Waals surface area (Å²) < 4.78 is 7.20. The standard InChI is InChI=1S/C19H22N6O2/c26-19(15-6-8-16(9-7-15)25-14-21-22-23-25)20-13-17(18-5-4-12-27-18)24-10-2-1-3-11-24/h4-9,12,14,17H,1-3,10-11,13H2,(H,20,26)/p+1/t17-/m1/s1. The van der Waals surface area contributed by atoms with Crippen molar-refractivity contribution in [2.75, 3.05) is 19.6 Å². The van der Waals surface area contributed by atoms with Gasteiger partial charge in [0.15, 0.2) is 11.8 Å². The van der Waals surface area contributed by atoms with E-state index in [0.717, 1.165) is 24.5 Å². The Hall–Kier alpha value is -3.00. The van der Waals surface area contributed by atoms with Crippen LogP contribution in [0.25, 0.3) is 5.69 Å². The number of nitrogens with zero attached hydrogens (tertiary/aromatic N) is 4. The first-order valence-electron chi connectivity index (χ1n) is 9.31. The lowest BCUT2D eigenvalue weighted by Gasteiger charge is -2.30. The number of furan rings is 1. The smallest absolute Gasteiger partial charge is 0.251 e. The molecule has 2 N–H and O–H groups in total. The molecule has 3 aromatic rings. The van der Waals surface area contributed by atoms with Crippen LogP contribution in [0, 0.1) is 0 Å². The molecule has 8 heteroatoms. The van der Waals surface area contributed by atoms with Crippen molar-refractivity contribution in [3.05, 3.63) is 60.3 Å². The van der Waals surface area contributed by atoms with Gasteiger partial charge in [0.2, 0.25) is 0 Å². The minimum absolute atomic E-state index is 0.0915. The van der Waals surface area contributed by atoms with Gasteiger partial charge in [-0.2, -0.15) is 0 Å². The van der Waals surface area contributed by atoms with E-state index in [1.54, 1.807) is 23.1 Å². The summed E-state index contributed by atoms with van der Waals surface area (Å²) in [5, 5.41) is 14.1. The quantitative estimate of drug-likeness (QED) is 0.672. The summed E-state index contributed by atoms with van der Waals surface area (Å²) in [4.78, 5) is 14.1. The maximum absolute atomic E-state index is 12.6. The van der Waals surface area contributed by atoms with Crippen molar-refractivity contribution >= 4 is 5.91 Å². The van der Waals surface area contributed by atoms with Crippen LogP contribution in [0.5, 0.6) is 0 Å². The van der Waals surface area contributed by atoms with E-state index in [2.05, 4.69) is 20.8 Å². The highest BCUT2D eigenvalue weighted by molar-refractivity contribution is 5.94. The van der Waals surface area contributed by atoms with Crippen LogP contribution >= 0.6 is 0 Å². The highest BCUT2D eigenvalue weighted by Gasteiger charge is 2.28. The molecule has 1 amide bonds. The van der Waals surface area contributed by atoms with Crippen LogP contribution in [0.15, 0.2) is 53.4 Å². The van der Waals surface area contributed by atoms with Gasteiger partial charge in [-0.1, -0.05) is 0 Å². The summed E-state index contributed by atoms with van der Waals surface area (Å²) in [6.45, 7) is 2.78. The van der Waals surface area contributed by atoms with Crippen molar-refractivity contribution < 1.29 is 14.1 Å². The van der Waals surface area contributed by atoms with E-state index < -0.39 is 0 Å². The van der Waals surface area contributed by atoms with Crippen LogP contribution in [-0.2, 0) is 0 Å².